The van der Waals surface area contributed by atoms with Crippen molar-refractivity contribution in [2.24, 2.45) is 0 Å². The molecular weight excluding hydrogens is 342 g/mol. The molecule has 0 radical (unpaired) electrons. The predicted molar refractivity (Wildman–Crippen MR) is 97.3 cm³/mol. The van der Waals surface area contributed by atoms with Gasteiger partial charge in [0.25, 0.3) is 5.91 Å². The predicted octanol–water partition coefficient (Wildman–Crippen LogP) is 4.23. The lowest BCUT2D eigenvalue weighted by molar-refractivity contribution is -0.122. The van der Waals surface area contributed by atoms with E-state index in [1.165, 1.54) is 6.07 Å². The molecule has 0 aliphatic heterocycles. The normalized spacial score (nSPS) is 11.5. The molecule has 1 amide bonds. The van der Waals surface area contributed by atoms with Crippen molar-refractivity contribution >= 4 is 29.2 Å². The highest BCUT2D eigenvalue weighted by atomic mass is 35.5. The van der Waals surface area contributed by atoms with Crippen molar-refractivity contribution in [1.82, 2.24) is 0 Å². The Hall–Kier alpha value is -2.53. The van der Waals surface area contributed by atoms with Crippen molar-refractivity contribution < 1.29 is 19.1 Å². The van der Waals surface area contributed by atoms with Gasteiger partial charge in [0, 0.05) is 0 Å². The van der Waals surface area contributed by atoms with Crippen LogP contribution in [0.4, 0.5) is 5.69 Å². The second kappa shape index (κ2) is 8.53. The summed E-state index contributed by atoms with van der Waals surface area (Å²) in [5.74, 6) is -0.183. The molecule has 0 fully saturated rings. The van der Waals surface area contributed by atoms with Gasteiger partial charge in [-0.15, -0.1) is 0 Å². The largest absolute Gasteiger partial charge is 0.481 e. The number of rotatable bonds is 6. The van der Waals surface area contributed by atoms with Crippen LogP contribution in [0, 0.1) is 6.92 Å². The van der Waals surface area contributed by atoms with E-state index in [0.717, 1.165) is 5.56 Å². The fraction of sp³-hybridized carbons (Fsp3) is 0.263. The average molecular weight is 362 g/mol. The van der Waals surface area contributed by atoms with E-state index in [-0.39, 0.29) is 17.5 Å². The summed E-state index contributed by atoms with van der Waals surface area (Å²) < 4.78 is 10.5. The molecule has 0 spiro atoms. The maximum Gasteiger partial charge on any atom is 0.338 e. The first-order valence-corrected chi connectivity index (χ1v) is 8.29. The summed E-state index contributed by atoms with van der Waals surface area (Å²) in [4.78, 5) is 24.0. The molecule has 0 saturated carbocycles. The highest BCUT2D eigenvalue weighted by molar-refractivity contribution is 6.34. The SMILES string of the molecule is CCOC(=O)c1ccc(NC(=O)[C@@H](C)Oc2cccc(C)c2)c(Cl)c1. The van der Waals surface area contributed by atoms with Gasteiger partial charge in [-0.3, -0.25) is 4.79 Å². The molecule has 1 N–H and O–H groups in total. The zero-order valence-corrected chi connectivity index (χ0v) is 15.1. The Bertz CT molecular complexity index is 776. The van der Waals surface area contributed by atoms with Crippen LogP contribution >= 0.6 is 11.6 Å². The Balaban J connectivity index is 2.03. The molecule has 0 heterocycles. The molecule has 5 nitrogen and oxygen atoms in total. The van der Waals surface area contributed by atoms with Crippen LogP contribution in [0.3, 0.4) is 0 Å². The van der Waals surface area contributed by atoms with E-state index in [9.17, 15) is 9.59 Å². The van der Waals surface area contributed by atoms with Crippen LogP contribution in [-0.4, -0.2) is 24.6 Å². The van der Waals surface area contributed by atoms with E-state index in [0.29, 0.717) is 17.0 Å². The van der Waals surface area contributed by atoms with E-state index in [2.05, 4.69) is 5.32 Å². The zero-order chi connectivity index (χ0) is 18.4. The first-order valence-electron chi connectivity index (χ1n) is 7.91. The van der Waals surface area contributed by atoms with Gasteiger partial charge < -0.3 is 14.8 Å². The number of esters is 1. The van der Waals surface area contributed by atoms with E-state index in [4.69, 9.17) is 21.1 Å². The fourth-order valence-electron chi connectivity index (χ4n) is 2.14. The second-order valence-electron chi connectivity index (χ2n) is 5.48. The van der Waals surface area contributed by atoms with Crippen molar-refractivity contribution in [3.8, 4) is 5.75 Å². The standard InChI is InChI=1S/C19H20ClNO4/c1-4-24-19(23)14-8-9-17(16(20)11-14)21-18(22)13(3)25-15-7-5-6-12(2)10-15/h5-11,13H,4H2,1-3H3,(H,21,22)/t13-/m1/s1. The lowest BCUT2D eigenvalue weighted by Crippen LogP contribution is -2.30. The summed E-state index contributed by atoms with van der Waals surface area (Å²) in [5.41, 5.74) is 1.77. The number of hydrogen-bond donors (Lipinski definition) is 1. The molecule has 2 rings (SSSR count). The lowest BCUT2D eigenvalue weighted by atomic mass is 10.2. The number of hydrogen-bond acceptors (Lipinski definition) is 4. The first kappa shape index (κ1) is 18.8. The third kappa shape index (κ3) is 5.22. The van der Waals surface area contributed by atoms with Crippen LogP contribution < -0.4 is 10.1 Å². The Morgan fingerprint density at radius 1 is 1.20 bits per heavy atom. The number of nitrogens with one attached hydrogen (secondary N) is 1. The van der Waals surface area contributed by atoms with Gasteiger partial charge in [0.2, 0.25) is 0 Å². The molecule has 2 aromatic rings. The second-order valence-corrected chi connectivity index (χ2v) is 5.89. The summed E-state index contributed by atoms with van der Waals surface area (Å²) in [6.45, 7) is 5.60. The van der Waals surface area contributed by atoms with Gasteiger partial charge in [-0.1, -0.05) is 23.7 Å². The van der Waals surface area contributed by atoms with Crippen LogP contribution in [0.5, 0.6) is 5.75 Å². The minimum absolute atomic E-state index is 0.252. The minimum Gasteiger partial charge on any atom is -0.481 e. The van der Waals surface area contributed by atoms with Crippen LogP contribution in [0.15, 0.2) is 42.5 Å². The molecule has 25 heavy (non-hydrogen) atoms. The Morgan fingerprint density at radius 3 is 2.60 bits per heavy atom. The smallest absolute Gasteiger partial charge is 0.338 e. The maximum atomic E-state index is 12.3. The van der Waals surface area contributed by atoms with Gasteiger partial charge in [0.15, 0.2) is 6.10 Å². The van der Waals surface area contributed by atoms with E-state index in [1.807, 2.05) is 25.1 Å². The summed E-state index contributed by atoms with van der Waals surface area (Å²) in [6, 6.07) is 12.0. The molecule has 1 atom stereocenters. The summed E-state index contributed by atoms with van der Waals surface area (Å²) in [7, 11) is 0. The van der Waals surface area contributed by atoms with Gasteiger partial charge in [0.1, 0.15) is 5.75 Å². The number of halogens is 1. The molecule has 0 aromatic heterocycles. The number of anilines is 1. The summed E-state index contributed by atoms with van der Waals surface area (Å²) in [5, 5.41) is 2.95. The molecule has 132 valence electrons. The third-order valence-electron chi connectivity index (χ3n) is 3.41. The fourth-order valence-corrected chi connectivity index (χ4v) is 2.37. The number of carbonyl (C=O) groups is 2. The van der Waals surface area contributed by atoms with Gasteiger partial charge in [-0.2, -0.15) is 0 Å². The van der Waals surface area contributed by atoms with Gasteiger partial charge in [-0.05, 0) is 56.7 Å². The molecule has 0 unspecified atom stereocenters. The molecule has 0 aliphatic carbocycles. The van der Waals surface area contributed by atoms with Crippen LogP contribution in [-0.2, 0) is 9.53 Å². The highest BCUT2D eigenvalue weighted by Crippen LogP contribution is 2.24. The highest BCUT2D eigenvalue weighted by Gasteiger charge is 2.17. The van der Waals surface area contributed by atoms with Crippen molar-refractivity contribution in [3.05, 3.63) is 58.6 Å². The molecular formula is C19H20ClNO4. The van der Waals surface area contributed by atoms with Gasteiger partial charge in [-0.25, -0.2) is 4.79 Å². The third-order valence-corrected chi connectivity index (χ3v) is 3.72. The lowest BCUT2D eigenvalue weighted by Gasteiger charge is -2.16. The van der Waals surface area contributed by atoms with Crippen molar-refractivity contribution in [1.29, 1.82) is 0 Å². The van der Waals surface area contributed by atoms with Crippen LogP contribution in [0.2, 0.25) is 5.02 Å². The Morgan fingerprint density at radius 2 is 1.96 bits per heavy atom. The van der Waals surface area contributed by atoms with Gasteiger partial charge >= 0.3 is 5.97 Å². The number of ether oxygens (including phenoxy) is 2. The molecule has 2 aromatic carbocycles. The van der Waals surface area contributed by atoms with Crippen molar-refractivity contribution in [2.45, 2.75) is 26.9 Å². The molecule has 0 aliphatic rings. The number of carbonyl (C=O) groups excluding carboxylic acids is 2. The average Bonchev–Trinajstić information content (AvgIpc) is 2.56. The van der Waals surface area contributed by atoms with Crippen molar-refractivity contribution in [3.63, 3.8) is 0 Å². The van der Waals surface area contributed by atoms with E-state index in [1.54, 1.807) is 32.0 Å². The van der Waals surface area contributed by atoms with Crippen LogP contribution in [0.25, 0.3) is 0 Å². The minimum atomic E-state index is -0.706. The van der Waals surface area contributed by atoms with Crippen LogP contribution in [0.1, 0.15) is 29.8 Å². The number of aryl methyl sites for hydroxylation is 1. The number of amides is 1. The zero-order valence-electron chi connectivity index (χ0n) is 14.3. The molecule has 0 saturated heterocycles. The Kier molecular flexibility index (Phi) is 6.42. The topological polar surface area (TPSA) is 64.6 Å². The van der Waals surface area contributed by atoms with Gasteiger partial charge in [0.05, 0.1) is 22.9 Å². The first-order chi connectivity index (χ1) is 11.9. The number of benzene rings is 2. The summed E-state index contributed by atoms with van der Waals surface area (Å²) >= 11 is 6.14. The molecule has 0 bridgehead atoms. The summed E-state index contributed by atoms with van der Waals surface area (Å²) in [6.07, 6.45) is -0.706. The van der Waals surface area contributed by atoms with Crippen molar-refractivity contribution in [2.75, 3.05) is 11.9 Å². The maximum absolute atomic E-state index is 12.3. The van der Waals surface area contributed by atoms with E-state index < -0.39 is 12.1 Å². The van der Waals surface area contributed by atoms with E-state index >= 15 is 0 Å². The quantitative estimate of drug-likeness (QED) is 0.782. The molecule has 6 heteroatoms. The Labute approximate surface area is 151 Å². The monoisotopic (exact) mass is 361 g/mol.